The summed E-state index contributed by atoms with van der Waals surface area (Å²) in [4.78, 5) is 0. The van der Waals surface area contributed by atoms with Gasteiger partial charge in [0.25, 0.3) is 0 Å². The molecule has 2 aromatic rings. The van der Waals surface area contributed by atoms with Crippen molar-refractivity contribution < 1.29 is 13.2 Å². The maximum atomic E-state index is 13.7. The van der Waals surface area contributed by atoms with Gasteiger partial charge in [-0.3, -0.25) is 0 Å². The van der Waals surface area contributed by atoms with Crippen molar-refractivity contribution in [2.45, 2.75) is 11.8 Å². The Kier molecular flexibility index (Phi) is 3.61. The van der Waals surface area contributed by atoms with Crippen molar-refractivity contribution in [3.8, 4) is 0 Å². The Morgan fingerprint density at radius 2 is 1.80 bits per heavy atom. The smallest absolute Gasteiger partial charge is 0.196 e. The summed E-state index contributed by atoms with van der Waals surface area (Å²) < 4.78 is 39.9. The molecule has 0 saturated heterocycles. The van der Waals surface area contributed by atoms with Crippen LogP contribution in [-0.2, 0) is 5.75 Å². The van der Waals surface area contributed by atoms with Gasteiger partial charge < -0.3 is 5.32 Å². The van der Waals surface area contributed by atoms with E-state index >= 15 is 0 Å². The molecule has 1 atom stereocenters. The van der Waals surface area contributed by atoms with Crippen LogP contribution in [-0.4, -0.2) is 5.75 Å². The van der Waals surface area contributed by atoms with Crippen molar-refractivity contribution in [3.05, 3.63) is 65.0 Å². The van der Waals surface area contributed by atoms with Gasteiger partial charge in [0.15, 0.2) is 17.5 Å². The summed E-state index contributed by atoms with van der Waals surface area (Å²) in [6, 6.07) is 9.94. The highest BCUT2D eigenvalue weighted by Crippen LogP contribution is 2.34. The van der Waals surface area contributed by atoms with Gasteiger partial charge in [-0.25, -0.2) is 13.2 Å². The molecule has 104 valence electrons. The minimum absolute atomic E-state index is 0.00815. The van der Waals surface area contributed by atoms with Crippen molar-refractivity contribution in [2.24, 2.45) is 0 Å². The molecule has 0 saturated carbocycles. The lowest BCUT2D eigenvalue weighted by molar-refractivity contribution is 0.448. The summed E-state index contributed by atoms with van der Waals surface area (Å²) in [5.41, 5.74) is 2.26. The van der Waals surface area contributed by atoms with Crippen LogP contribution in [0.2, 0.25) is 0 Å². The molecule has 1 heterocycles. The minimum Gasteiger partial charge on any atom is -0.375 e. The van der Waals surface area contributed by atoms with Gasteiger partial charge in [0.1, 0.15) is 0 Å². The zero-order valence-corrected chi connectivity index (χ0v) is 11.3. The van der Waals surface area contributed by atoms with E-state index in [9.17, 15) is 13.2 Å². The Labute approximate surface area is 119 Å². The molecule has 3 rings (SSSR count). The number of anilines is 1. The number of thioether (sulfide) groups is 1. The third-order valence-corrected chi connectivity index (χ3v) is 4.42. The first-order valence-corrected chi connectivity index (χ1v) is 7.38. The average Bonchev–Trinajstić information content (AvgIpc) is 2.48. The predicted molar refractivity (Wildman–Crippen MR) is 75.3 cm³/mol. The van der Waals surface area contributed by atoms with Crippen molar-refractivity contribution in [1.29, 1.82) is 0 Å². The lowest BCUT2D eigenvalue weighted by atomic mass is 10.0. The van der Waals surface area contributed by atoms with E-state index in [0.717, 1.165) is 23.1 Å². The zero-order valence-electron chi connectivity index (χ0n) is 10.5. The van der Waals surface area contributed by atoms with E-state index < -0.39 is 17.5 Å². The molecular formula is C15H12F3NS. The third kappa shape index (κ3) is 2.38. The van der Waals surface area contributed by atoms with E-state index in [4.69, 9.17) is 0 Å². The Balaban J connectivity index is 1.92. The van der Waals surface area contributed by atoms with E-state index in [1.54, 1.807) is 11.8 Å². The summed E-state index contributed by atoms with van der Waals surface area (Å²) >= 11 is 1.73. The highest BCUT2D eigenvalue weighted by atomic mass is 32.2. The summed E-state index contributed by atoms with van der Waals surface area (Å²) in [5, 5.41) is 2.97. The first-order chi connectivity index (χ1) is 9.66. The van der Waals surface area contributed by atoms with Gasteiger partial charge in [0.05, 0.1) is 11.7 Å². The van der Waals surface area contributed by atoms with Gasteiger partial charge in [-0.2, -0.15) is 11.8 Å². The normalized spacial score (nSPS) is 17.6. The summed E-state index contributed by atoms with van der Waals surface area (Å²) in [6.07, 6.45) is 0. The minimum atomic E-state index is -1.44. The van der Waals surface area contributed by atoms with Gasteiger partial charge >= 0.3 is 0 Å². The second-order valence-electron chi connectivity index (χ2n) is 4.63. The highest BCUT2D eigenvalue weighted by molar-refractivity contribution is 7.98. The zero-order chi connectivity index (χ0) is 14.1. The number of fused-ring (bicyclic) bond motifs is 1. The molecule has 0 amide bonds. The van der Waals surface area contributed by atoms with Crippen molar-refractivity contribution in [1.82, 2.24) is 0 Å². The van der Waals surface area contributed by atoms with Gasteiger partial charge in [-0.1, -0.05) is 24.3 Å². The molecule has 0 radical (unpaired) electrons. The standard InChI is InChI=1S/C15H12F3NS/c16-11-5-6-12(15(18)14(11)17)19-13-8-20-7-9-3-1-2-4-10(9)13/h1-6,13,19H,7-8H2. The maximum absolute atomic E-state index is 13.7. The van der Waals surface area contributed by atoms with Crippen LogP contribution in [0, 0.1) is 17.5 Å². The number of hydrogen-bond donors (Lipinski definition) is 1. The number of halogens is 3. The maximum Gasteiger partial charge on any atom is 0.196 e. The van der Waals surface area contributed by atoms with Crippen molar-refractivity contribution in [2.75, 3.05) is 11.1 Å². The third-order valence-electron chi connectivity index (χ3n) is 3.34. The Morgan fingerprint density at radius 3 is 2.65 bits per heavy atom. The second-order valence-corrected chi connectivity index (χ2v) is 5.66. The quantitative estimate of drug-likeness (QED) is 0.818. The molecule has 1 aliphatic heterocycles. The number of benzene rings is 2. The van der Waals surface area contributed by atoms with Crippen LogP contribution < -0.4 is 5.32 Å². The number of hydrogen-bond acceptors (Lipinski definition) is 2. The van der Waals surface area contributed by atoms with Gasteiger partial charge in [0.2, 0.25) is 0 Å². The monoisotopic (exact) mass is 295 g/mol. The highest BCUT2D eigenvalue weighted by Gasteiger charge is 2.22. The van der Waals surface area contributed by atoms with E-state index in [2.05, 4.69) is 5.32 Å². The fraction of sp³-hybridized carbons (Fsp3) is 0.200. The van der Waals surface area contributed by atoms with Gasteiger partial charge in [-0.15, -0.1) is 0 Å². The lowest BCUT2D eigenvalue weighted by Gasteiger charge is -2.27. The van der Waals surface area contributed by atoms with Crippen molar-refractivity contribution >= 4 is 17.4 Å². The Bertz CT molecular complexity index is 645. The molecule has 2 aromatic carbocycles. The van der Waals surface area contributed by atoms with Crippen LogP contribution in [0.5, 0.6) is 0 Å². The molecule has 1 N–H and O–H groups in total. The van der Waals surface area contributed by atoms with E-state index in [1.165, 1.54) is 11.6 Å². The molecule has 1 nitrogen and oxygen atoms in total. The van der Waals surface area contributed by atoms with E-state index in [-0.39, 0.29) is 11.7 Å². The van der Waals surface area contributed by atoms with Crippen LogP contribution in [0.1, 0.15) is 17.2 Å². The van der Waals surface area contributed by atoms with Crippen LogP contribution in [0.3, 0.4) is 0 Å². The van der Waals surface area contributed by atoms with Gasteiger partial charge in [0, 0.05) is 11.5 Å². The fourth-order valence-corrected chi connectivity index (χ4v) is 3.43. The van der Waals surface area contributed by atoms with E-state index in [0.29, 0.717) is 0 Å². The molecular weight excluding hydrogens is 283 g/mol. The van der Waals surface area contributed by atoms with E-state index in [1.807, 2.05) is 24.3 Å². The van der Waals surface area contributed by atoms with Crippen LogP contribution >= 0.6 is 11.8 Å². The molecule has 1 aliphatic rings. The first-order valence-electron chi connectivity index (χ1n) is 6.22. The summed E-state index contributed by atoms with van der Waals surface area (Å²) in [6.45, 7) is 0. The largest absolute Gasteiger partial charge is 0.375 e. The molecule has 5 heteroatoms. The molecule has 0 bridgehead atoms. The number of nitrogens with one attached hydrogen (secondary N) is 1. The lowest BCUT2D eigenvalue weighted by Crippen LogP contribution is -2.19. The first kappa shape index (κ1) is 13.4. The summed E-state index contributed by atoms with van der Waals surface area (Å²) in [7, 11) is 0. The topological polar surface area (TPSA) is 12.0 Å². The summed E-state index contributed by atoms with van der Waals surface area (Å²) in [5.74, 6) is -2.11. The molecule has 0 aliphatic carbocycles. The molecule has 20 heavy (non-hydrogen) atoms. The van der Waals surface area contributed by atoms with Crippen LogP contribution in [0.4, 0.5) is 18.9 Å². The molecule has 0 spiro atoms. The molecule has 0 fully saturated rings. The Morgan fingerprint density at radius 1 is 1.00 bits per heavy atom. The second kappa shape index (κ2) is 5.40. The Hall–Kier alpha value is -1.62. The molecule has 1 unspecified atom stereocenters. The fourth-order valence-electron chi connectivity index (χ4n) is 2.33. The average molecular weight is 295 g/mol. The molecule has 0 aromatic heterocycles. The SMILES string of the molecule is Fc1ccc(NC2CSCc3ccccc32)c(F)c1F. The van der Waals surface area contributed by atoms with Crippen LogP contribution in [0.15, 0.2) is 36.4 Å². The van der Waals surface area contributed by atoms with Crippen LogP contribution in [0.25, 0.3) is 0 Å². The predicted octanol–water partition coefficient (Wildman–Crippen LogP) is 4.50. The van der Waals surface area contributed by atoms with Crippen molar-refractivity contribution in [3.63, 3.8) is 0 Å². The van der Waals surface area contributed by atoms with Gasteiger partial charge in [-0.05, 0) is 23.3 Å². The number of rotatable bonds is 2.